The standard InChI is InChI=1S/C68H111N2O7P/c1-7-10-13-16-19-22-25-28-30-32-33-34-35-36-37-39-41-43-46-49-52-55-58-61-68(72)77-66(59-56-53-50-47-44-27-24-21-18-15-12-9-3)65(64-76-78(73,74)75-63-62-70(4,5)6)69-67(71)60-57-54-51-48-45-42-40-38-31-29-26-23-20-17-14-11-8-2/h10-11,13-14,17,19-20,22-23,26,28-31,33-34,36-38,40-43,45,56,59,65-66H,7-9,12,15-16,18,21,24-25,27,32,35,39,44,46-55,57-58,60-64H2,1-6H3,(H-,69,71,73,74)/p+1/b13-10-,14-11-,20-17+,22-19-,26-23+,30-28-,31-29-,34-33-,37-36-,40-38+,43-41-,45-42+,59-56-. The number of hydrogen-bond donors (Lipinski definition) is 2. The van der Waals surface area contributed by atoms with Gasteiger partial charge in [0.25, 0.3) is 0 Å². The van der Waals surface area contributed by atoms with E-state index in [1.54, 1.807) is 0 Å². The Bertz CT molecular complexity index is 1890. The number of rotatable bonds is 52. The second-order valence-corrected chi connectivity index (χ2v) is 22.4. The number of esters is 1. The lowest BCUT2D eigenvalue weighted by molar-refractivity contribution is -0.870. The number of quaternary nitrogens is 1. The summed E-state index contributed by atoms with van der Waals surface area (Å²) in [5.74, 6) is -0.601. The molecule has 0 saturated carbocycles. The van der Waals surface area contributed by atoms with Gasteiger partial charge in [-0.1, -0.05) is 250 Å². The highest BCUT2D eigenvalue weighted by molar-refractivity contribution is 7.47. The number of carbonyl (C=O) groups excluding carboxylic acids is 2. The van der Waals surface area contributed by atoms with Crippen LogP contribution in [0.4, 0.5) is 0 Å². The first-order valence-electron chi connectivity index (χ1n) is 30.4. The number of phosphoric acid groups is 1. The third-order valence-electron chi connectivity index (χ3n) is 12.4. The summed E-state index contributed by atoms with van der Waals surface area (Å²) < 4.78 is 30.6. The Hall–Kier alpha value is -4.37. The summed E-state index contributed by atoms with van der Waals surface area (Å²) in [5.41, 5.74) is 0. The molecule has 1 amide bonds. The van der Waals surface area contributed by atoms with Crippen molar-refractivity contribution in [2.45, 2.75) is 219 Å². The molecule has 0 aliphatic heterocycles. The second-order valence-electron chi connectivity index (χ2n) is 20.9. The van der Waals surface area contributed by atoms with Gasteiger partial charge >= 0.3 is 13.8 Å². The zero-order chi connectivity index (χ0) is 57.2. The van der Waals surface area contributed by atoms with Gasteiger partial charge in [0, 0.05) is 12.8 Å². The molecule has 10 heteroatoms. The van der Waals surface area contributed by atoms with E-state index in [9.17, 15) is 19.0 Å². The van der Waals surface area contributed by atoms with E-state index in [0.29, 0.717) is 23.9 Å². The molecule has 2 N–H and O–H groups in total. The first kappa shape index (κ1) is 73.6. The van der Waals surface area contributed by atoms with Crippen molar-refractivity contribution >= 4 is 19.7 Å². The number of nitrogens with zero attached hydrogens (tertiary/aromatic N) is 1. The third-order valence-corrected chi connectivity index (χ3v) is 13.4. The molecule has 9 nitrogen and oxygen atoms in total. The lowest BCUT2D eigenvalue weighted by atomic mass is 10.1. The van der Waals surface area contributed by atoms with Gasteiger partial charge in [-0.25, -0.2) is 4.57 Å². The van der Waals surface area contributed by atoms with E-state index in [-0.39, 0.29) is 37.9 Å². The minimum absolute atomic E-state index is 0.0165. The van der Waals surface area contributed by atoms with Crippen LogP contribution in [0.1, 0.15) is 207 Å². The van der Waals surface area contributed by atoms with E-state index in [1.165, 1.54) is 51.4 Å². The number of hydrogen-bond acceptors (Lipinski definition) is 6. The van der Waals surface area contributed by atoms with Gasteiger partial charge in [-0.05, 0) is 102 Å². The highest BCUT2D eigenvalue weighted by atomic mass is 31.2. The lowest BCUT2D eigenvalue weighted by Crippen LogP contribution is -2.47. The largest absolute Gasteiger partial charge is 0.472 e. The molecule has 78 heavy (non-hydrogen) atoms. The fourth-order valence-electron chi connectivity index (χ4n) is 7.74. The molecule has 0 aromatic heterocycles. The molecule has 0 aliphatic rings. The molecule has 0 fully saturated rings. The van der Waals surface area contributed by atoms with Crippen molar-refractivity contribution in [2.75, 3.05) is 40.9 Å². The van der Waals surface area contributed by atoms with Crippen molar-refractivity contribution in [2.24, 2.45) is 0 Å². The van der Waals surface area contributed by atoms with Gasteiger partial charge in [0.05, 0.1) is 33.8 Å². The van der Waals surface area contributed by atoms with Gasteiger partial charge in [-0.3, -0.25) is 18.6 Å². The monoisotopic (exact) mass is 1100 g/mol. The SMILES string of the molecule is CC\C=C/C=C/C=C/C=C\C=C\C=C\CCCCCC(=O)NC(COP(=O)(O)OCC[N+](C)(C)C)C(/C=C\CCCCCCCCCCCC)OC(=O)CCCCCC/C=C\C/C=C\C/C=C\C/C=C\C/C=C\C/C=C\CC. The maximum Gasteiger partial charge on any atom is 0.472 e. The molecular weight excluding hydrogens is 988 g/mol. The summed E-state index contributed by atoms with van der Waals surface area (Å²) in [7, 11) is 1.42. The average molecular weight is 1100 g/mol. The van der Waals surface area contributed by atoms with Crippen molar-refractivity contribution in [3.8, 4) is 0 Å². The molecule has 0 aliphatic carbocycles. The number of ether oxygens (including phenoxy) is 1. The maximum atomic E-state index is 13.5. The van der Waals surface area contributed by atoms with E-state index < -0.39 is 20.0 Å². The number of allylic oxidation sites excluding steroid dienone is 25. The van der Waals surface area contributed by atoms with Crippen LogP contribution in [0.15, 0.2) is 158 Å². The zero-order valence-corrected chi connectivity index (χ0v) is 51.0. The minimum atomic E-state index is -4.48. The van der Waals surface area contributed by atoms with Crippen LogP contribution in [0.25, 0.3) is 0 Å². The van der Waals surface area contributed by atoms with E-state index >= 15 is 0 Å². The number of phosphoric ester groups is 1. The predicted octanol–water partition coefficient (Wildman–Crippen LogP) is 18.8. The van der Waals surface area contributed by atoms with Crippen molar-refractivity contribution in [3.05, 3.63) is 158 Å². The van der Waals surface area contributed by atoms with E-state index in [4.69, 9.17) is 13.8 Å². The Labute approximate surface area is 478 Å². The van der Waals surface area contributed by atoms with Crippen LogP contribution in [0.3, 0.4) is 0 Å². The molecule has 0 radical (unpaired) electrons. The maximum absolute atomic E-state index is 13.5. The number of carbonyl (C=O) groups is 2. The van der Waals surface area contributed by atoms with Crippen molar-refractivity contribution in [1.29, 1.82) is 0 Å². The molecule has 440 valence electrons. The van der Waals surface area contributed by atoms with Crippen LogP contribution in [0, 0.1) is 0 Å². The molecule has 0 saturated heterocycles. The Balaban J connectivity index is 5.41. The van der Waals surface area contributed by atoms with Crippen molar-refractivity contribution < 1.29 is 37.3 Å². The van der Waals surface area contributed by atoms with Crippen LogP contribution in [-0.2, 0) is 27.9 Å². The summed E-state index contributed by atoms with van der Waals surface area (Å²) in [4.78, 5) is 37.7. The molecule has 0 rings (SSSR count). The zero-order valence-electron chi connectivity index (χ0n) is 50.1. The Kier molecular flexibility index (Phi) is 52.8. The number of nitrogens with one attached hydrogen (secondary N) is 1. The molecule has 0 aromatic carbocycles. The van der Waals surface area contributed by atoms with Gasteiger partial charge in [0.15, 0.2) is 0 Å². The number of amides is 1. The smallest absolute Gasteiger partial charge is 0.456 e. The Morgan fingerprint density at radius 1 is 0.474 bits per heavy atom. The first-order valence-corrected chi connectivity index (χ1v) is 31.9. The average Bonchev–Trinajstić information content (AvgIpc) is 3.40. The minimum Gasteiger partial charge on any atom is -0.456 e. The highest BCUT2D eigenvalue weighted by Crippen LogP contribution is 2.43. The van der Waals surface area contributed by atoms with E-state index in [0.717, 1.165) is 109 Å². The molecule has 0 spiro atoms. The summed E-state index contributed by atoms with van der Waals surface area (Å²) in [5, 5.41) is 3.01. The van der Waals surface area contributed by atoms with Gasteiger partial charge in [-0.15, -0.1) is 0 Å². The molecule has 3 unspecified atom stereocenters. The topological polar surface area (TPSA) is 111 Å². The fourth-order valence-corrected chi connectivity index (χ4v) is 8.47. The Morgan fingerprint density at radius 2 is 0.885 bits per heavy atom. The normalized spacial score (nSPS) is 14.8. The summed E-state index contributed by atoms with van der Waals surface area (Å²) in [6.07, 6.45) is 82.4. The van der Waals surface area contributed by atoms with Crippen LogP contribution in [-0.4, -0.2) is 74.3 Å². The predicted molar refractivity (Wildman–Crippen MR) is 336 cm³/mol. The number of unbranched alkanes of at least 4 members (excludes halogenated alkanes) is 17. The van der Waals surface area contributed by atoms with Gasteiger partial charge in [-0.2, -0.15) is 0 Å². The molecule has 0 bridgehead atoms. The lowest BCUT2D eigenvalue weighted by Gasteiger charge is -2.27. The molecule has 0 aromatic rings. The van der Waals surface area contributed by atoms with Gasteiger partial charge in [0.2, 0.25) is 5.91 Å². The highest BCUT2D eigenvalue weighted by Gasteiger charge is 2.30. The number of likely N-dealkylation sites (N-methyl/N-ethyl adjacent to an activating group) is 1. The van der Waals surface area contributed by atoms with E-state index in [2.05, 4.69) is 111 Å². The van der Waals surface area contributed by atoms with Crippen molar-refractivity contribution in [1.82, 2.24) is 5.32 Å². The fraction of sp³-hybridized carbons (Fsp3) is 0.588. The van der Waals surface area contributed by atoms with Crippen LogP contribution < -0.4 is 5.32 Å². The Morgan fingerprint density at radius 3 is 1.40 bits per heavy atom. The van der Waals surface area contributed by atoms with Crippen LogP contribution in [0.2, 0.25) is 0 Å². The molecular formula is C68H112N2O7P+. The van der Waals surface area contributed by atoms with E-state index in [1.807, 2.05) is 94.1 Å². The quantitative estimate of drug-likeness (QED) is 0.0156. The molecule has 3 atom stereocenters. The first-order chi connectivity index (χ1) is 37.9. The summed E-state index contributed by atoms with van der Waals surface area (Å²) in [6, 6.07) is -0.895. The van der Waals surface area contributed by atoms with Crippen molar-refractivity contribution in [3.63, 3.8) is 0 Å². The molecule has 0 heterocycles. The van der Waals surface area contributed by atoms with Crippen LogP contribution in [0.5, 0.6) is 0 Å². The van der Waals surface area contributed by atoms with Crippen LogP contribution >= 0.6 is 7.82 Å². The summed E-state index contributed by atoms with van der Waals surface area (Å²) in [6.45, 7) is 6.66. The summed E-state index contributed by atoms with van der Waals surface area (Å²) >= 11 is 0. The second kappa shape index (κ2) is 55.9. The van der Waals surface area contributed by atoms with Gasteiger partial charge in [0.1, 0.15) is 19.3 Å². The third kappa shape index (κ3) is 56.4. The van der Waals surface area contributed by atoms with Gasteiger partial charge < -0.3 is 19.4 Å².